The molecule has 0 saturated carbocycles. The van der Waals surface area contributed by atoms with Crippen LogP contribution in [0.15, 0.2) is 48.5 Å². The SMILES string of the molecule is CCC(O)c1cc(Oc2ccccc2)ccc1F. The van der Waals surface area contributed by atoms with E-state index in [1.165, 1.54) is 12.1 Å². The summed E-state index contributed by atoms with van der Waals surface area (Å²) in [4.78, 5) is 0. The van der Waals surface area contributed by atoms with Crippen LogP contribution in [0, 0.1) is 5.82 Å². The number of ether oxygens (including phenoxy) is 1. The van der Waals surface area contributed by atoms with Crippen molar-refractivity contribution in [3.63, 3.8) is 0 Å². The molecule has 94 valence electrons. The minimum absolute atomic E-state index is 0.269. The van der Waals surface area contributed by atoms with Crippen LogP contribution >= 0.6 is 0 Å². The summed E-state index contributed by atoms with van der Waals surface area (Å²) in [6, 6.07) is 13.7. The molecule has 1 atom stereocenters. The van der Waals surface area contributed by atoms with E-state index in [-0.39, 0.29) is 5.56 Å². The first-order valence-electron chi connectivity index (χ1n) is 5.91. The highest BCUT2D eigenvalue weighted by molar-refractivity contribution is 5.35. The Morgan fingerprint density at radius 2 is 1.83 bits per heavy atom. The summed E-state index contributed by atoms with van der Waals surface area (Å²) < 4.78 is 19.1. The van der Waals surface area contributed by atoms with Crippen LogP contribution < -0.4 is 4.74 Å². The zero-order chi connectivity index (χ0) is 13.0. The summed E-state index contributed by atoms with van der Waals surface area (Å²) in [6.45, 7) is 1.80. The van der Waals surface area contributed by atoms with Crippen molar-refractivity contribution >= 4 is 0 Å². The predicted octanol–water partition coefficient (Wildman–Crippen LogP) is 4.06. The lowest BCUT2D eigenvalue weighted by molar-refractivity contribution is 0.168. The fraction of sp³-hybridized carbons (Fsp3) is 0.200. The topological polar surface area (TPSA) is 29.5 Å². The molecule has 0 spiro atoms. The Balaban J connectivity index is 2.25. The molecule has 0 aliphatic heterocycles. The Kier molecular flexibility index (Phi) is 3.95. The third kappa shape index (κ3) is 2.87. The van der Waals surface area contributed by atoms with E-state index in [4.69, 9.17) is 4.74 Å². The fourth-order valence-electron chi connectivity index (χ4n) is 1.69. The first kappa shape index (κ1) is 12.6. The average Bonchev–Trinajstić information content (AvgIpc) is 2.41. The molecule has 0 bridgehead atoms. The molecule has 0 radical (unpaired) electrons. The van der Waals surface area contributed by atoms with Gasteiger partial charge < -0.3 is 9.84 Å². The number of hydrogen-bond acceptors (Lipinski definition) is 2. The molecule has 0 fully saturated rings. The maximum Gasteiger partial charge on any atom is 0.129 e. The Morgan fingerprint density at radius 1 is 1.11 bits per heavy atom. The number of aliphatic hydroxyl groups is 1. The van der Waals surface area contributed by atoms with Crippen molar-refractivity contribution in [1.29, 1.82) is 0 Å². The maximum absolute atomic E-state index is 13.5. The van der Waals surface area contributed by atoms with Crippen LogP contribution in [-0.4, -0.2) is 5.11 Å². The van der Waals surface area contributed by atoms with Crippen LogP contribution in [0.4, 0.5) is 4.39 Å². The second-order valence-electron chi connectivity index (χ2n) is 4.02. The number of hydrogen-bond donors (Lipinski definition) is 1. The van der Waals surface area contributed by atoms with E-state index in [1.54, 1.807) is 13.0 Å². The molecule has 0 saturated heterocycles. The molecule has 0 amide bonds. The summed E-state index contributed by atoms with van der Waals surface area (Å²) in [5, 5.41) is 9.71. The summed E-state index contributed by atoms with van der Waals surface area (Å²) in [7, 11) is 0. The van der Waals surface area contributed by atoms with E-state index in [0.29, 0.717) is 17.9 Å². The normalized spacial score (nSPS) is 12.2. The number of rotatable bonds is 4. The van der Waals surface area contributed by atoms with E-state index in [2.05, 4.69) is 0 Å². The van der Waals surface area contributed by atoms with Gasteiger partial charge in [-0.15, -0.1) is 0 Å². The molecular formula is C15H15FO2. The maximum atomic E-state index is 13.5. The lowest BCUT2D eigenvalue weighted by atomic mass is 10.1. The van der Waals surface area contributed by atoms with Crippen molar-refractivity contribution in [3.05, 3.63) is 59.9 Å². The largest absolute Gasteiger partial charge is 0.457 e. The van der Waals surface area contributed by atoms with Crippen LogP contribution in [0.3, 0.4) is 0 Å². The summed E-state index contributed by atoms with van der Waals surface area (Å²) in [5.41, 5.74) is 0.269. The minimum Gasteiger partial charge on any atom is -0.457 e. The van der Waals surface area contributed by atoms with Gasteiger partial charge in [-0.2, -0.15) is 0 Å². The van der Waals surface area contributed by atoms with Gasteiger partial charge in [0, 0.05) is 5.56 Å². The summed E-state index contributed by atoms with van der Waals surface area (Å²) in [6.07, 6.45) is -0.338. The van der Waals surface area contributed by atoms with Crippen LogP contribution in [0.2, 0.25) is 0 Å². The van der Waals surface area contributed by atoms with Gasteiger partial charge in [-0.1, -0.05) is 25.1 Å². The highest BCUT2D eigenvalue weighted by Crippen LogP contribution is 2.27. The van der Waals surface area contributed by atoms with Crippen molar-refractivity contribution in [2.75, 3.05) is 0 Å². The first-order valence-corrected chi connectivity index (χ1v) is 5.91. The van der Waals surface area contributed by atoms with E-state index >= 15 is 0 Å². The number of benzene rings is 2. The lowest BCUT2D eigenvalue weighted by Crippen LogP contribution is -1.99. The van der Waals surface area contributed by atoms with Gasteiger partial charge in [-0.25, -0.2) is 4.39 Å². The second kappa shape index (κ2) is 5.65. The van der Waals surface area contributed by atoms with Crippen molar-refractivity contribution in [2.45, 2.75) is 19.4 Å². The molecule has 2 nitrogen and oxygen atoms in total. The van der Waals surface area contributed by atoms with Gasteiger partial charge in [0.2, 0.25) is 0 Å². The highest BCUT2D eigenvalue weighted by atomic mass is 19.1. The quantitative estimate of drug-likeness (QED) is 0.881. The van der Waals surface area contributed by atoms with Crippen LogP contribution in [-0.2, 0) is 0 Å². The molecular weight excluding hydrogens is 231 g/mol. The molecule has 1 N–H and O–H groups in total. The highest BCUT2D eigenvalue weighted by Gasteiger charge is 2.12. The van der Waals surface area contributed by atoms with Gasteiger partial charge in [-0.3, -0.25) is 0 Å². The van der Waals surface area contributed by atoms with Crippen LogP contribution in [0.25, 0.3) is 0 Å². The predicted molar refractivity (Wildman–Crippen MR) is 68.2 cm³/mol. The second-order valence-corrected chi connectivity index (χ2v) is 4.02. The molecule has 0 aliphatic carbocycles. The first-order chi connectivity index (χ1) is 8.70. The molecule has 3 heteroatoms. The molecule has 2 aromatic rings. The Labute approximate surface area is 106 Å². The van der Waals surface area contributed by atoms with E-state index in [9.17, 15) is 9.50 Å². The molecule has 2 rings (SSSR count). The monoisotopic (exact) mass is 246 g/mol. The van der Waals surface area contributed by atoms with Gasteiger partial charge in [0.1, 0.15) is 17.3 Å². The van der Waals surface area contributed by atoms with E-state index < -0.39 is 11.9 Å². The van der Waals surface area contributed by atoms with E-state index in [1.807, 2.05) is 30.3 Å². The Morgan fingerprint density at radius 3 is 2.50 bits per heavy atom. The Bertz CT molecular complexity index is 511. The molecule has 18 heavy (non-hydrogen) atoms. The van der Waals surface area contributed by atoms with Crippen LogP contribution in [0.1, 0.15) is 25.0 Å². The van der Waals surface area contributed by atoms with Gasteiger partial charge in [0.05, 0.1) is 6.10 Å². The minimum atomic E-state index is -0.802. The third-order valence-corrected chi connectivity index (χ3v) is 2.69. The standard InChI is InChI=1S/C15H15FO2/c1-2-15(17)13-10-12(8-9-14(13)16)18-11-6-4-3-5-7-11/h3-10,15,17H,2H2,1H3. The average molecular weight is 246 g/mol. The van der Waals surface area contributed by atoms with Crippen molar-refractivity contribution in [3.8, 4) is 11.5 Å². The number of aliphatic hydroxyl groups excluding tert-OH is 1. The van der Waals surface area contributed by atoms with E-state index in [0.717, 1.165) is 0 Å². The summed E-state index contributed by atoms with van der Waals surface area (Å²) >= 11 is 0. The summed E-state index contributed by atoms with van der Waals surface area (Å²) in [5.74, 6) is 0.788. The van der Waals surface area contributed by atoms with Gasteiger partial charge in [-0.05, 0) is 36.8 Å². The lowest BCUT2D eigenvalue weighted by Gasteiger charge is -2.12. The number of halogens is 1. The molecule has 0 heterocycles. The zero-order valence-electron chi connectivity index (χ0n) is 10.1. The molecule has 0 aliphatic rings. The van der Waals surface area contributed by atoms with Crippen LogP contribution in [0.5, 0.6) is 11.5 Å². The third-order valence-electron chi connectivity index (χ3n) is 2.69. The van der Waals surface area contributed by atoms with Gasteiger partial charge >= 0.3 is 0 Å². The molecule has 0 aromatic heterocycles. The van der Waals surface area contributed by atoms with Crippen molar-refractivity contribution in [1.82, 2.24) is 0 Å². The van der Waals surface area contributed by atoms with Gasteiger partial charge in [0.25, 0.3) is 0 Å². The smallest absolute Gasteiger partial charge is 0.129 e. The van der Waals surface area contributed by atoms with Gasteiger partial charge in [0.15, 0.2) is 0 Å². The molecule has 2 aromatic carbocycles. The fourth-order valence-corrected chi connectivity index (χ4v) is 1.69. The zero-order valence-corrected chi connectivity index (χ0v) is 10.1. The molecule has 1 unspecified atom stereocenters. The van der Waals surface area contributed by atoms with Crippen molar-refractivity contribution < 1.29 is 14.2 Å². The Hall–Kier alpha value is -1.87. The number of para-hydroxylation sites is 1. The van der Waals surface area contributed by atoms with Crippen molar-refractivity contribution in [2.24, 2.45) is 0 Å².